The van der Waals surface area contributed by atoms with Crippen LogP contribution in [0.2, 0.25) is 0 Å². The Morgan fingerprint density at radius 1 is 0.561 bits per heavy atom. The smallest absolute Gasteiger partial charge is 0.408 e. The number of nitrogens with one attached hydrogen (secondary N) is 7. The molecular weight excluding hydrogens is 1660 g/mol. The van der Waals surface area contributed by atoms with E-state index in [4.69, 9.17) is 28.9 Å². The molecule has 6 heterocycles. The van der Waals surface area contributed by atoms with E-state index in [-0.39, 0.29) is 73.6 Å². The molecule has 4 aliphatic carbocycles. The number of nitrogens with two attached hydrogens (primary N) is 1. The van der Waals surface area contributed by atoms with Crippen molar-refractivity contribution in [2.75, 3.05) is 36.2 Å². The van der Waals surface area contributed by atoms with E-state index in [1.165, 1.54) is 44.6 Å². The molecule has 33 nitrogen and oxygen atoms in total. The van der Waals surface area contributed by atoms with Gasteiger partial charge in [-0.3, -0.25) is 38.3 Å². The van der Waals surface area contributed by atoms with Gasteiger partial charge in [-0.05, 0) is 135 Å². The van der Waals surface area contributed by atoms with Gasteiger partial charge in [0.2, 0.25) is 55.5 Å². The van der Waals surface area contributed by atoms with E-state index in [1.54, 1.807) is 43.7 Å². The summed E-state index contributed by atoms with van der Waals surface area (Å²) in [5.41, 5.74) is 0.0367. The first-order valence-corrected chi connectivity index (χ1v) is 46.7. The molecule has 2 aromatic carbocycles. The first-order chi connectivity index (χ1) is 57.2. The third-order valence-corrected chi connectivity index (χ3v) is 23.9. The van der Waals surface area contributed by atoms with E-state index < -0.39 is 138 Å². The molecule has 4 aromatic heterocycles. The SMILES string of the molecule is C=C[C@@H]1C[C@]1(NC(=O)[C@@H]1C[C@@H](Oc2cc(-c3csc(NC(=O)CC(C)(C)C)n3)nc3cc(C)ccc23)CN1C(=O)[C@@H](NC(=O)OC1CCCC1)C(C)(C)C)C(=O)NS(C)(=O)=O.C=C[C@@H]1C[C@]1(NC(=O)[C@@H]1C[C@@H](Oc2cc(-c3csc(NC(=O)CC(C)(C)C)n3)nc3cc(C)ccc23)CN1C(=O)[C@@H](NC(=O)OC1CCCC1)C(C)(C)C)C(=O)O.CS(N)(=O)=O. The Bertz CT molecular complexity index is 5280. The van der Waals surface area contributed by atoms with Crippen molar-refractivity contribution in [3.8, 4) is 34.3 Å². The van der Waals surface area contributed by atoms with E-state index in [0.717, 1.165) is 75.0 Å². The number of rotatable bonds is 25. The quantitative estimate of drug-likeness (QED) is 0.0240. The molecule has 668 valence electrons. The number of pyridine rings is 2. The monoisotopic (exact) mass is 1780 g/mol. The number of carbonyl (C=O) groups excluding carboxylic acids is 9. The predicted molar refractivity (Wildman–Crippen MR) is 468 cm³/mol. The Kier molecular flexibility index (Phi) is 29.1. The second kappa shape index (κ2) is 37.7. The van der Waals surface area contributed by atoms with Crippen molar-refractivity contribution in [2.45, 2.75) is 246 Å². The fourth-order valence-corrected chi connectivity index (χ4v) is 17.5. The summed E-state index contributed by atoms with van der Waals surface area (Å²) in [7, 11) is -7.14. The fraction of sp³-hybridized carbons (Fsp3) is 0.558. The number of fused-ring (bicyclic) bond motifs is 2. The summed E-state index contributed by atoms with van der Waals surface area (Å²) in [6.07, 6.45) is 9.10. The maximum absolute atomic E-state index is 14.7. The Morgan fingerprint density at radius 2 is 0.927 bits per heavy atom. The van der Waals surface area contributed by atoms with Crippen LogP contribution in [0.3, 0.4) is 0 Å². The molecule has 6 aromatic rings. The molecular formula is C86H116N14O19S4. The lowest BCUT2D eigenvalue weighted by molar-refractivity contribution is -0.146. The van der Waals surface area contributed by atoms with Crippen LogP contribution in [0.5, 0.6) is 11.5 Å². The lowest BCUT2D eigenvalue weighted by Crippen LogP contribution is -2.60. The molecule has 2 saturated heterocycles. The van der Waals surface area contributed by atoms with E-state index in [1.807, 2.05) is 117 Å². The third kappa shape index (κ3) is 25.3. The van der Waals surface area contributed by atoms with Crippen molar-refractivity contribution in [1.82, 2.24) is 55.7 Å². The van der Waals surface area contributed by atoms with E-state index >= 15 is 0 Å². The zero-order valence-electron chi connectivity index (χ0n) is 72.6. The number of benzene rings is 2. The lowest BCUT2D eigenvalue weighted by Gasteiger charge is -2.35. The van der Waals surface area contributed by atoms with Gasteiger partial charge >= 0.3 is 18.2 Å². The molecule has 9 amide bonds. The second-order valence-corrected chi connectivity index (χ2v) is 42.6. The van der Waals surface area contributed by atoms with Crippen LogP contribution in [0.15, 0.2) is 84.6 Å². The molecule has 12 rings (SSSR count). The van der Waals surface area contributed by atoms with Crippen molar-refractivity contribution in [1.29, 1.82) is 0 Å². The van der Waals surface area contributed by atoms with Crippen LogP contribution < -0.4 is 51.2 Å². The van der Waals surface area contributed by atoms with Crippen LogP contribution in [-0.4, -0.2) is 196 Å². The van der Waals surface area contributed by atoms with Crippen LogP contribution in [0.1, 0.15) is 184 Å². The average molecular weight is 1780 g/mol. The van der Waals surface area contributed by atoms with Crippen LogP contribution >= 0.6 is 22.7 Å². The van der Waals surface area contributed by atoms with Crippen LogP contribution in [0, 0.1) is 47.3 Å². The number of likely N-dealkylation sites (tertiary alicyclic amines) is 2. The highest BCUT2D eigenvalue weighted by Gasteiger charge is 2.63. The van der Waals surface area contributed by atoms with Crippen LogP contribution in [0.25, 0.3) is 44.6 Å². The zero-order chi connectivity index (χ0) is 90.6. The van der Waals surface area contributed by atoms with Crippen LogP contribution in [0.4, 0.5) is 19.9 Å². The Hall–Kier alpha value is -10.2. The van der Waals surface area contributed by atoms with Gasteiger partial charge in [0, 0.05) is 71.2 Å². The number of anilines is 2. The van der Waals surface area contributed by atoms with Gasteiger partial charge in [0.1, 0.15) is 82.5 Å². The summed E-state index contributed by atoms with van der Waals surface area (Å²) in [6.45, 7) is 34.0. The maximum atomic E-state index is 14.7. The molecule has 10 N–H and O–H groups in total. The maximum Gasteiger partial charge on any atom is 0.408 e. The Balaban J connectivity index is 0.000000245. The molecule has 0 bridgehead atoms. The number of carboxylic acids is 1. The summed E-state index contributed by atoms with van der Waals surface area (Å²) < 4.78 is 69.7. The first-order valence-electron chi connectivity index (χ1n) is 41.1. The highest BCUT2D eigenvalue weighted by molar-refractivity contribution is 7.89. The minimum absolute atomic E-state index is 0.0187. The third-order valence-electron chi connectivity index (χ3n) is 21.8. The first kappa shape index (κ1) is 95.0. The average Bonchev–Trinajstić information content (AvgIpc) is 1.58. The van der Waals surface area contributed by atoms with E-state index in [9.17, 15) is 69.9 Å². The number of primary sulfonamides is 1. The highest BCUT2D eigenvalue weighted by Crippen LogP contribution is 2.47. The largest absolute Gasteiger partial charge is 0.488 e. The molecule has 10 atom stereocenters. The Labute approximate surface area is 725 Å². The summed E-state index contributed by atoms with van der Waals surface area (Å²) in [6, 6.07) is 10.4. The number of hydrogen-bond acceptors (Lipinski definition) is 24. The number of ether oxygens (including phenoxy) is 4. The summed E-state index contributed by atoms with van der Waals surface area (Å²) in [5.74, 6) is -4.98. The standard InChI is InChI=1S/C43H57N7O9S2.C42H54N6O8S.CH5NO2S/c1-10-25-20-43(25,38(54)49-61(9,56)57)48-36(52)32-18-27(22-50(32)37(53)35(42(6,7)8)47-40(55)59-26-13-11-12-14-26)58-33-19-30(44-29-17-24(2)15-16-28(29)33)31-23-60-39(45-31)46-34(51)21-41(3,4)5;1-9-24-19-42(24,37(52)53)47-35(50)31-17-26(21-48(31)36(51)34(41(6,7)8)46-39(54)56-25-12-10-11-13-25)55-32-18-29(43-28-16-23(2)14-15-27(28)32)30-22-57-38(44-30)45-33(49)20-40(3,4)5;1-5(2,3)4/h10,15-17,19,23,25-27,32,35H,1,11-14,18,20-22H2,2-9H3,(H,47,55)(H,48,52)(H,49,54)(H,45,46,51);9,14-16,18,22,24-26,31,34H,1,10-13,17,19-21H2,2-8H3,(H,46,54)(H,47,50)(H,52,53)(H,44,45,49);1H3,(H2,2,3,4)/t25-,27-,32+,35-,43-;24-,26-,31+,34-,42-;/m11./s1. The molecule has 4 saturated carbocycles. The zero-order valence-corrected chi connectivity index (χ0v) is 75.9. The van der Waals surface area contributed by atoms with Crippen molar-refractivity contribution < 1.29 is 88.8 Å². The predicted octanol–water partition coefficient (Wildman–Crippen LogP) is 11.1. The number of aryl methyl sites for hydroxylation is 2. The van der Waals surface area contributed by atoms with Gasteiger partial charge in [0.25, 0.3) is 5.91 Å². The molecule has 0 spiro atoms. The van der Waals surface area contributed by atoms with Crippen LogP contribution in [-0.2, 0) is 67.9 Å². The molecule has 0 unspecified atom stereocenters. The fourth-order valence-electron chi connectivity index (χ4n) is 15.5. The van der Waals surface area contributed by atoms with Gasteiger partial charge < -0.3 is 65.8 Å². The van der Waals surface area contributed by atoms with Crippen molar-refractivity contribution in [3.05, 3.63) is 95.7 Å². The van der Waals surface area contributed by atoms with Crippen molar-refractivity contribution in [2.24, 2.45) is 38.6 Å². The molecule has 37 heteroatoms. The van der Waals surface area contributed by atoms with Gasteiger partial charge in [0.15, 0.2) is 10.3 Å². The number of aliphatic carboxylic acids is 1. The molecule has 6 aliphatic rings. The second-order valence-electron chi connectivity index (χ2n) is 37.5. The number of nitrogens with zero attached hydrogens (tertiary/aromatic N) is 6. The molecule has 123 heavy (non-hydrogen) atoms. The number of thiazole rings is 2. The van der Waals surface area contributed by atoms with Crippen molar-refractivity contribution >= 4 is 134 Å². The highest BCUT2D eigenvalue weighted by atomic mass is 32.2. The number of carboxylic acid groups (broad SMARTS) is 1. The number of amides is 9. The van der Waals surface area contributed by atoms with E-state index in [0.29, 0.717) is 79.2 Å². The minimum atomic E-state index is -3.97. The molecule has 2 aliphatic heterocycles. The normalized spacial score (nSPS) is 22.1. The van der Waals surface area contributed by atoms with Gasteiger partial charge in [-0.15, -0.1) is 35.8 Å². The number of carbonyl (C=O) groups is 10. The summed E-state index contributed by atoms with van der Waals surface area (Å²) >= 11 is 2.55. The number of alkyl carbamates (subject to hydrolysis) is 2. The molecule has 0 radical (unpaired) electrons. The van der Waals surface area contributed by atoms with Gasteiger partial charge in [0.05, 0.1) is 48.0 Å². The number of sulfonamides is 2. The minimum Gasteiger partial charge on any atom is -0.488 e. The summed E-state index contributed by atoms with van der Waals surface area (Å²) in [5, 5.41) is 37.1. The lowest BCUT2D eigenvalue weighted by atomic mass is 9.85. The van der Waals surface area contributed by atoms with Gasteiger partial charge in [-0.1, -0.05) is 107 Å². The van der Waals surface area contributed by atoms with Crippen molar-refractivity contribution in [3.63, 3.8) is 0 Å². The number of aromatic nitrogens is 4. The topological polar surface area (TPSA) is 464 Å². The Morgan fingerprint density at radius 3 is 1.26 bits per heavy atom. The van der Waals surface area contributed by atoms with Gasteiger partial charge in [-0.25, -0.2) is 56.3 Å². The molecule has 6 fully saturated rings. The summed E-state index contributed by atoms with van der Waals surface area (Å²) in [4.78, 5) is 157. The van der Waals surface area contributed by atoms with Gasteiger partial charge in [-0.2, -0.15) is 0 Å². The number of hydrogen-bond donors (Lipinski definition) is 9. The van der Waals surface area contributed by atoms with E-state index in [2.05, 4.69) is 60.2 Å².